The van der Waals surface area contributed by atoms with Crippen molar-refractivity contribution in [2.24, 2.45) is 0 Å². The number of hydrogen-bond acceptors (Lipinski definition) is 0. The molecule has 0 amide bonds. The Morgan fingerprint density at radius 3 is 0.222 bits per heavy atom. The summed E-state index contributed by atoms with van der Waals surface area (Å²) in [6, 6.07) is 218. The minimum Gasteiger partial charge on any atom is -0.0622 e. The Morgan fingerprint density at radius 1 is 0.0486 bits per heavy atom. The van der Waals surface area contributed by atoms with Crippen molar-refractivity contribution in [2.75, 3.05) is 0 Å². The highest BCUT2D eigenvalue weighted by atomic mass is 14.4. The first-order chi connectivity index (χ1) is 71.5. The first kappa shape index (κ1) is 86.8. The van der Waals surface area contributed by atoms with Crippen molar-refractivity contribution in [1.82, 2.24) is 0 Å². The van der Waals surface area contributed by atoms with Crippen LogP contribution < -0.4 is 0 Å². The fourth-order valence-corrected chi connectivity index (χ4v) is 22.4. The molecule has 0 atom stereocenters. The lowest BCUT2D eigenvalue weighted by Crippen LogP contribution is -2.02. The first-order valence-electron chi connectivity index (χ1n) is 49.8. The van der Waals surface area contributed by atoms with Crippen LogP contribution >= 0.6 is 0 Å². The molecule has 0 saturated heterocycles. The summed E-state index contributed by atoms with van der Waals surface area (Å²) in [4.78, 5) is 0. The van der Waals surface area contributed by atoms with E-state index >= 15 is 0 Å². The summed E-state index contributed by atoms with van der Waals surface area (Å²) >= 11 is 0. The largest absolute Gasteiger partial charge is 0.0622 e. The lowest BCUT2D eigenvalue weighted by Gasteiger charge is -2.29. The van der Waals surface area contributed by atoms with Gasteiger partial charge in [0.15, 0.2) is 0 Å². The quantitative estimate of drug-likeness (QED) is 0.114. The van der Waals surface area contributed by atoms with Crippen molar-refractivity contribution in [1.29, 1.82) is 0 Å². The van der Waals surface area contributed by atoms with Crippen molar-refractivity contribution < 1.29 is 0 Å². The van der Waals surface area contributed by atoms with Gasteiger partial charge in [-0.25, -0.2) is 0 Å². The van der Waals surface area contributed by atoms with Gasteiger partial charge in [-0.2, -0.15) is 0 Å². The fourth-order valence-electron chi connectivity index (χ4n) is 22.4. The summed E-state index contributed by atoms with van der Waals surface area (Å²) in [6.07, 6.45) is 0. The molecule has 0 saturated carbocycles. The third-order valence-electron chi connectivity index (χ3n) is 28.8. The second kappa shape index (κ2) is 38.6. The number of benzene rings is 24. The molecule has 0 unspecified atom stereocenters. The van der Waals surface area contributed by atoms with Crippen LogP contribution in [0.15, 0.2) is 582 Å². The lowest BCUT2D eigenvalue weighted by molar-refractivity contribution is 1.50. The minimum atomic E-state index is 1.10. The standard InChI is InChI=1S/C144H96/c1-13-43-103(44-14-1)127-128(104-45-15-2-16-46-104)134(110-57-27-8-28-58-110)140-122-74-38-68-116(92-122)98-83-85-100(86-84-98)118-70-40-76-124(94-118)142-136(112-61-31-10-32-62-112)131(107-51-21-5-22-52-107)132(108-53-23-6-24-54-108)138(114-65-35-12-36-66-114)144(142)126-78-42-72-120(96-126)102-89-87-101(88-90-102)119-71-41-77-125(95-119)143-137(113-63-33-11-34-64-113)130(106-49-19-4-20-50-106)129(105-47-17-3-18-48-105)135(111-59-29-9-30-60-111)141(143)123-75-39-69-117(93-123)99-81-79-97(80-82-99)115-67-37-73-121(91-115)139(140)133(127)109-55-25-7-26-56-109/h1-96H. The van der Waals surface area contributed by atoms with Gasteiger partial charge < -0.3 is 0 Å². The van der Waals surface area contributed by atoms with Gasteiger partial charge in [-0.3, -0.25) is 0 Å². The average molecular weight is 1830 g/mol. The van der Waals surface area contributed by atoms with Gasteiger partial charge in [0, 0.05) is 0 Å². The second-order valence-electron chi connectivity index (χ2n) is 37.4. The molecule has 0 N–H and O–H groups in total. The molecule has 0 radical (unpaired) electrons. The molecule has 18 bridgehead atoms. The van der Waals surface area contributed by atoms with Gasteiger partial charge >= 0.3 is 0 Å². The summed E-state index contributed by atoms with van der Waals surface area (Å²) in [7, 11) is 0. The van der Waals surface area contributed by atoms with E-state index in [1.807, 2.05) is 0 Å². The van der Waals surface area contributed by atoms with Crippen molar-refractivity contribution >= 4 is 0 Å². The van der Waals surface area contributed by atoms with Crippen molar-refractivity contribution in [2.45, 2.75) is 0 Å². The smallest absolute Gasteiger partial charge is 0.00137 e. The molecule has 28 rings (SSSR count). The topological polar surface area (TPSA) is 0 Å². The van der Waals surface area contributed by atoms with Gasteiger partial charge in [0.1, 0.15) is 0 Å². The molecule has 144 heavy (non-hydrogen) atoms. The molecule has 0 nitrogen and oxygen atoms in total. The van der Waals surface area contributed by atoms with Crippen LogP contribution in [0.3, 0.4) is 0 Å². The van der Waals surface area contributed by atoms with Crippen LogP contribution in [0.2, 0.25) is 0 Å². The molecular formula is C144H96. The van der Waals surface area contributed by atoms with Crippen molar-refractivity contribution in [3.05, 3.63) is 582 Å². The number of fused-ring (bicyclic) bond motifs is 3. The predicted octanol–water partition coefficient (Wildman–Crippen LogP) is 40.0. The van der Waals surface area contributed by atoms with Gasteiger partial charge in [0.05, 0.1) is 0 Å². The van der Waals surface area contributed by atoms with E-state index in [0.717, 1.165) is 267 Å². The van der Waals surface area contributed by atoms with Crippen molar-refractivity contribution in [3.8, 4) is 267 Å². The molecule has 0 spiro atoms. The summed E-state index contributed by atoms with van der Waals surface area (Å²) in [5.74, 6) is 0. The molecule has 4 aliphatic carbocycles. The van der Waals surface area contributed by atoms with Gasteiger partial charge in [-0.15, -0.1) is 0 Å². The highest BCUT2D eigenvalue weighted by molar-refractivity contribution is 6.20. The monoisotopic (exact) mass is 1820 g/mol. The van der Waals surface area contributed by atoms with E-state index < -0.39 is 0 Å². The Bertz CT molecular complexity index is 7470. The van der Waals surface area contributed by atoms with E-state index in [0.29, 0.717) is 0 Å². The fraction of sp³-hybridized carbons (Fsp3) is 0. The maximum atomic E-state index is 2.45. The molecule has 672 valence electrons. The Balaban J connectivity index is 0.781. The summed E-state index contributed by atoms with van der Waals surface area (Å²) in [6.45, 7) is 0. The molecule has 0 aliphatic heterocycles. The summed E-state index contributed by atoms with van der Waals surface area (Å²) in [5.41, 5.74) is 54.0. The Labute approximate surface area is 843 Å². The maximum absolute atomic E-state index is 2.45. The van der Waals surface area contributed by atoms with Gasteiger partial charge in [-0.1, -0.05) is 546 Å². The summed E-state index contributed by atoms with van der Waals surface area (Å²) < 4.78 is 0. The van der Waals surface area contributed by atoms with Crippen LogP contribution in [0.25, 0.3) is 267 Å². The van der Waals surface area contributed by atoms with E-state index in [1.165, 1.54) is 0 Å². The molecule has 24 aromatic carbocycles. The van der Waals surface area contributed by atoms with Crippen molar-refractivity contribution in [3.63, 3.8) is 0 Å². The predicted molar refractivity (Wildman–Crippen MR) is 610 cm³/mol. The van der Waals surface area contributed by atoms with Crippen LogP contribution in [0.4, 0.5) is 0 Å². The SMILES string of the molecule is c1ccc(-c2c(-c3ccccc3)c(-c3ccccc3)c3c(c2-c2ccccc2)-c2cccc(c2)-c2ccc(cc2)-c2cccc(c2)-c2c(-c4ccccc4)c(-c4ccccc4)c(-c4ccccc4)c(-c4ccccc4)c2-c2cccc(c2)-c2ccc(cc2)-c2cccc(c2)-c2c(-c4ccccc4)c(-c4ccccc4)c(-c4ccccc4)c(-c4ccccc4)c2-c2cccc(c2)-c2ccc(cc2)-c2cccc-3c2)cc1. The minimum absolute atomic E-state index is 1.10. The summed E-state index contributed by atoms with van der Waals surface area (Å²) in [5, 5.41) is 0. The third kappa shape index (κ3) is 16.4. The van der Waals surface area contributed by atoms with E-state index in [-0.39, 0.29) is 0 Å². The van der Waals surface area contributed by atoms with Crippen LogP contribution in [-0.2, 0) is 0 Å². The maximum Gasteiger partial charge on any atom is -0.00137 e. The first-order valence-corrected chi connectivity index (χ1v) is 49.8. The average Bonchev–Trinajstić information content (AvgIpc) is 0.720. The van der Waals surface area contributed by atoms with Gasteiger partial charge in [0.2, 0.25) is 0 Å². The van der Waals surface area contributed by atoms with E-state index in [9.17, 15) is 0 Å². The van der Waals surface area contributed by atoms with Crippen LogP contribution in [0, 0.1) is 0 Å². The normalized spacial score (nSPS) is 11.3. The number of rotatable bonds is 12. The molecular weight excluding hydrogens is 1730 g/mol. The highest BCUT2D eigenvalue weighted by Crippen LogP contribution is 2.62. The molecule has 0 heterocycles. The molecule has 0 heteroatoms. The van der Waals surface area contributed by atoms with Crippen LogP contribution in [-0.4, -0.2) is 0 Å². The zero-order valence-electron chi connectivity index (χ0n) is 79.4. The molecule has 0 aromatic heterocycles. The van der Waals surface area contributed by atoms with E-state index in [1.54, 1.807) is 0 Å². The Hall–Kier alpha value is -18.7. The van der Waals surface area contributed by atoms with E-state index in [4.69, 9.17) is 0 Å². The lowest BCUT2D eigenvalue weighted by atomic mass is 9.73. The third-order valence-corrected chi connectivity index (χ3v) is 28.8. The molecule has 0 fully saturated rings. The van der Waals surface area contributed by atoms with Crippen LogP contribution in [0.1, 0.15) is 0 Å². The molecule has 24 aromatic rings. The zero-order valence-corrected chi connectivity index (χ0v) is 79.4. The Morgan fingerprint density at radius 2 is 0.125 bits per heavy atom. The second-order valence-corrected chi connectivity index (χ2v) is 37.4. The molecule has 4 aliphatic rings. The highest BCUT2D eigenvalue weighted by Gasteiger charge is 2.35. The van der Waals surface area contributed by atoms with Gasteiger partial charge in [-0.05, 0) is 303 Å². The Kier molecular flexibility index (Phi) is 23.3. The van der Waals surface area contributed by atoms with Gasteiger partial charge in [0.25, 0.3) is 0 Å². The van der Waals surface area contributed by atoms with Crippen LogP contribution in [0.5, 0.6) is 0 Å². The zero-order chi connectivity index (χ0) is 95.6. The van der Waals surface area contributed by atoms with E-state index in [2.05, 4.69) is 582 Å². The number of hydrogen-bond donors (Lipinski definition) is 0.